The van der Waals surface area contributed by atoms with Crippen LogP contribution in [0.25, 0.3) is 0 Å². The van der Waals surface area contributed by atoms with Gasteiger partial charge in [0.05, 0.1) is 12.5 Å². The zero-order valence-electron chi connectivity index (χ0n) is 20.5. The lowest BCUT2D eigenvalue weighted by molar-refractivity contribution is -0.597. The molecule has 0 saturated heterocycles. The summed E-state index contributed by atoms with van der Waals surface area (Å²) in [5.74, 6) is 1.71. The summed E-state index contributed by atoms with van der Waals surface area (Å²) in [6.45, 7) is 9.03. The number of hydrogen-bond acceptors (Lipinski definition) is 7. The molecule has 0 amide bonds. The van der Waals surface area contributed by atoms with Crippen LogP contribution < -0.4 is 35.8 Å². The molecule has 1 aliphatic carbocycles. The summed E-state index contributed by atoms with van der Waals surface area (Å²) in [6.07, 6.45) is 11.8. The molecule has 0 aromatic heterocycles. The first-order chi connectivity index (χ1) is 17.3. The fraction of sp³-hybridized carbons (Fsp3) is 0.385. The van der Waals surface area contributed by atoms with Gasteiger partial charge >= 0.3 is 21.2 Å². The molecule has 2 aromatic rings. The van der Waals surface area contributed by atoms with Crippen LogP contribution in [-0.4, -0.2) is 39.4 Å². The van der Waals surface area contributed by atoms with Crippen molar-refractivity contribution in [3.05, 3.63) is 81.4 Å². The van der Waals surface area contributed by atoms with Gasteiger partial charge in [-0.25, -0.2) is 13.6 Å². The normalized spacial score (nSPS) is 12.5. The van der Waals surface area contributed by atoms with Gasteiger partial charge in [0.1, 0.15) is 37.9 Å². The van der Waals surface area contributed by atoms with Crippen LogP contribution in [0.5, 0.6) is 11.5 Å². The molecule has 1 fully saturated rings. The van der Waals surface area contributed by atoms with Crippen molar-refractivity contribution in [2.45, 2.75) is 38.5 Å². The molecule has 8 nitrogen and oxygen atoms in total. The van der Waals surface area contributed by atoms with Crippen molar-refractivity contribution in [1.82, 2.24) is 0 Å². The lowest BCUT2D eigenvalue weighted by atomic mass is 10.0. The third-order valence-electron chi connectivity index (χ3n) is 4.52. The molecule has 2 N–H and O–H groups in total. The van der Waals surface area contributed by atoms with Crippen molar-refractivity contribution >= 4 is 10.3 Å². The molecule has 0 atom stereocenters. The van der Waals surface area contributed by atoms with Crippen LogP contribution in [0.3, 0.4) is 0 Å². The first-order valence-corrected chi connectivity index (χ1v) is 15.2. The molecule has 0 aliphatic heterocycles. The monoisotopic (exact) mass is 633 g/mol. The Balaban J connectivity index is 0.000000485. The predicted molar refractivity (Wildman–Crippen MR) is 135 cm³/mol. The Morgan fingerprint density at radius 3 is 1.31 bits per heavy atom. The fourth-order valence-electron chi connectivity index (χ4n) is 2.96. The third-order valence-corrected chi connectivity index (χ3v) is 7.20. The highest BCUT2D eigenvalue weighted by atomic mass is 127. The van der Waals surface area contributed by atoms with Gasteiger partial charge in [-0.1, -0.05) is 51.7 Å². The number of halogens is 1. The minimum absolute atomic E-state index is 0.223. The van der Waals surface area contributed by atoms with Gasteiger partial charge in [0, 0.05) is 0 Å². The van der Waals surface area contributed by atoms with E-state index in [4.69, 9.17) is 31.9 Å². The molecule has 0 radical (unpaired) electrons. The Morgan fingerprint density at radius 1 is 0.722 bits per heavy atom. The van der Waals surface area contributed by atoms with Crippen LogP contribution in [0.4, 0.5) is 0 Å². The van der Waals surface area contributed by atoms with Gasteiger partial charge < -0.3 is 23.5 Å². The number of ether oxygens (including phenoxy) is 4. The largest absolute Gasteiger partial charge is 0.736 e. The van der Waals surface area contributed by atoms with Crippen LogP contribution in [-0.2, 0) is 19.8 Å². The van der Waals surface area contributed by atoms with E-state index in [1.54, 1.807) is 0 Å². The lowest BCUT2D eigenvalue weighted by Crippen LogP contribution is -3.61. The molecule has 200 valence electrons. The summed E-state index contributed by atoms with van der Waals surface area (Å²) in [6, 6.07) is 16.5. The van der Waals surface area contributed by atoms with Gasteiger partial charge in [-0.05, 0) is 48.5 Å². The molecular weight excluding hydrogens is 597 g/mol. The SMILES string of the molecule is C1CCCCC1.C=COCCOc1ccc([I+]c2ccc(OCCOC=C)cc2)cc1.NS(=O)(=O)[O-]. The van der Waals surface area contributed by atoms with Gasteiger partial charge in [-0.3, -0.25) is 0 Å². The van der Waals surface area contributed by atoms with Crippen LogP contribution >= 0.6 is 0 Å². The van der Waals surface area contributed by atoms with Crippen LogP contribution in [0, 0.1) is 7.14 Å². The Labute approximate surface area is 225 Å². The van der Waals surface area contributed by atoms with Gasteiger partial charge in [-0.15, -0.1) is 0 Å². The van der Waals surface area contributed by atoms with Crippen molar-refractivity contribution in [1.29, 1.82) is 0 Å². The number of rotatable bonds is 12. The van der Waals surface area contributed by atoms with E-state index in [0.717, 1.165) is 11.5 Å². The van der Waals surface area contributed by atoms with Crippen molar-refractivity contribution in [3.8, 4) is 11.5 Å². The maximum Gasteiger partial charge on any atom is 0.357 e. The smallest absolute Gasteiger partial charge is 0.357 e. The Kier molecular flexibility index (Phi) is 17.5. The van der Waals surface area contributed by atoms with E-state index < -0.39 is 10.3 Å². The maximum absolute atomic E-state index is 8.85. The second kappa shape index (κ2) is 19.9. The zero-order valence-corrected chi connectivity index (χ0v) is 23.5. The average Bonchev–Trinajstić information content (AvgIpc) is 2.87. The molecule has 0 heterocycles. The van der Waals surface area contributed by atoms with Crippen molar-refractivity contribution in [2.24, 2.45) is 5.14 Å². The van der Waals surface area contributed by atoms with Gasteiger partial charge in [0.2, 0.25) is 0 Å². The van der Waals surface area contributed by atoms with E-state index in [2.05, 4.69) is 42.6 Å². The highest BCUT2D eigenvalue weighted by Crippen LogP contribution is 2.15. The molecule has 1 aliphatic rings. The highest BCUT2D eigenvalue weighted by molar-refractivity contribution is 7.83. The molecule has 1 saturated carbocycles. The van der Waals surface area contributed by atoms with E-state index in [1.165, 1.54) is 58.2 Å². The minimum atomic E-state index is -4.42. The highest BCUT2D eigenvalue weighted by Gasteiger charge is 2.15. The van der Waals surface area contributed by atoms with E-state index in [9.17, 15) is 0 Å². The van der Waals surface area contributed by atoms with Crippen molar-refractivity contribution < 1.29 is 53.1 Å². The third kappa shape index (κ3) is 19.0. The lowest BCUT2D eigenvalue weighted by Gasteiger charge is -2.05. The minimum Gasteiger partial charge on any atom is -0.736 e. The van der Waals surface area contributed by atoms with Crippen molar-refractivity contribution in [2.75, 3.05) is 26.4 Å². The van der Waals surface area contributed by atoms with E-state index >= 15 is 0 Å². The molecule has 0 unspecified atom stereocenters. The summed E-state index contributed by atoms with van der Waals surface area (Å²) < 4.78 is 50.5. The summed E-state index contributed by atoms with van der Waals surface area (Å²) in [5, 5.41) is 3.77. The second-order valence-electron chi connectivity index (χ2n) is 7.39. The molecule has 36 heavy (non-hydrogen) atoms. The Bertz CT molecular complexity index is 870. The Morgan fingerprint density at radius 2 is 1.03 bits per heavy atom. The zero-order chi connectivity index (χ0) is 26.5. The van der Waals surface area contributed by atoms with Gasteiger partial charge in [0.15, 0.2) is 17.4 Å². The van der Waals surface area contributed by atoms with Crippen LogP contribution in [0.1, 0.15) is 38.5 Å². The first kappa shape index (κ1) is 31.7. The van der Waals surface area contributed by atoms with E-state index in [-0.39, 0.29) is 21.2 Å². The molecule has 2 aromatic carbocycles. The van der Waals surface area contributed by atoms with Crippen LogP contribution in [0.2, 0.25) is 0 Å². The fourth-order valence-corrected chi connectivity index (χ4v) is 5.11. The van der Waals surface area contributed by atoms with Crippen LogP contribution in [0.15, 0.2) is 74.2 Å². The quantitative estimate of drug-likeness (QED) is 0.163. The number of benzene rings is 2. The topological polar surface area (TPSA) is 120 Å². The first-order valence-electron chi connectivity index (χ1n) is 11.6. The predicted octanol–water partition coefficient (Wildman–Crippen LogP) is 1.64. The number of nitrogens with two attached hydrogens (primary N) is 1. The second-order valence-corrected chi connectivity index (χ2v) is 11.4. The van der Waals surface area contributed by atoms with Gasteiger partial charge in [0.25, 0.3) is 0 Å². The summed E-state index contributed by atoms with van der Waals surface area (Å²) >= 11 is -0.223. The number of hydrogen-bond donors (Lipinski definition) is 1. The van der Waals surface area contributed by atoms with E-state index in [1.807, 2.05) is 24.3 Å². The summed E-state index contributed by atoms with van der Waals surface area (Å²) in [7, 11) is -4.42. The van der Waals surface area contributed by atoms with Gasteiger partial charge in [-0.2, -0.15) is 0 Å². The average molecular weight is 634 g/mol. The standard InChI is InChI=1S/C20H22IO4.C6H12.H3NO3S/c1-3-22-13-15-24-19-9-5-17(6-10-19)21-18-7-11-20(12-8-18)25-16-14-23-4-2;1-2-4-6-5-3-1;1-5(2,3)4/h3-12H,1-2,13-16H2;1-6H2;(H3,1,2,3,4)/q+1;;/p-1. The van der Waals surface area contributed by atoms with Crippen molar-refractivity contribution in [3.63, 3.8) is 0 Å². The molecular formula is C26H36INO7S. The molecule has 3 rings (SSSR count). The summed E-state index contributed by atoms with van der Waals surface area (Å²) in [5.41, 5.74) is 0. The van der Waals surface area contributed by atoms with E-state index in [0.29, 0.717) is 26.4 Å². The molecule has 0 spiro atoms. The molecule has 10 heteroatoms. The summed E-state index contributed by atoms with van der Waals surface area (Å²) in [4.78, 5) is 0. The molecule has 0 bridgehead atoms. The Hall–Kier alpha value is -2.28. The maximum atomic E-state index is 8.85.